The van der Waals surface area contributed by atoms with Crippen molar-refractivity contribution in [2.75, 3.05) is 7.11 Å². The van der Waals surface area contributed by atoms with E-state index >= 15 is 0 Å². The fourth-order valence-corrected chi connectivity index (χ4v) is 1.28. The summed E-state index contributed by atoms with van der Waals surface area (Å²) in [5.74, 6) is 0. The molecule has 1 unspecified atom stereocenters. The van der Waals surface area contributed by atoms with Gasteiger partial charge in [0.2, 0.25) is 0 Å². The van der Waals surface area contributed by atoms with E-state index < -0.39 is 11.7 Å². The minimum absolute atomic E-state index is 0.589. The fourth-order valence-electron chi connectivity index (χ4n) is 1.16. The Kier molecular flexibility index (Phi) is 3.53. The topological polar surface area (TPSA) is 29.5 Å². The summed E-state index contributed by atoms with van der Waals surface area (Å²) in [7, 11) is 1.58. The van der Waals surface area contributed by atoms with E-state index in [9.17, 15) is 5.11 Å². The second kappa shape index (κ2) is 4.30. The van der Waals surface area contributed by atoms with Crippen molar-refractivity contribution in [1.29, 1.82) is 0 Å². The van der Waals surface area contributed by atoms with E-state index in [1.165, 1.54) is 0 Å². The van der Waals surface area contributed by atoms with Gasteiger partial charge in [-0.05, 0) is 31.5 Å². The smallest absolute Gasteiger partial charge is 0.107 e. The van der Waals surface area contributed by atoms with Crippen LogP contribution in [0.2, 0.25) is 5.02 Å². The number of aliphatic hydroxyl groups excluding tert-OH is 1. The Morgan fingerprint density at radius 2 is 1.79 bits per heavy atom. The molecule has 0 aromatic heterocycles. The summed E-state index contributed by atoms with van der Waals surface area (Å²) in [6.45, 7) is 3.68. The van der Waals surface area contributed by atoms with Crippen molar-refractivity contribution in [3.63, 3.8) is 0 Å². The fraction of sp³-hybridized carbons (Fsp3) is 0.455. The van der Waals surface area contributed by atoms with Gasteiger partial charge in [-0.25, -0.2) is 0 Å². The second-order valence-electron chi connectivity index (χ2n) is 3.76. The molecule has 0 aliphatic carbocycles. The van der Waals surface area contributed by atoms with E-state index in [0.717, 1.165) is 5.56 Å². The average Bonchev–Trinajstić information content (AvgIpc) is 2.18. The summed E-state index contributed by atoms with van der Waals surface area (Å²) < 4.78 is 5.20. The zero-order valence-corrected chi connectivity index (χ0v) is 9.38. The third kappa shape index (κ3) is 2.47. The van der Waals surface area contributed by atoms with Crippen molar-refractivity contribution in [3.05, 3.63) is 34.9 Å². The standard InChI is InChI=1S/C11H15ClO2/c1-11(2,14-3)10(13)8-4-6-9(12)7-5-8/h4-7,10,13H,1-3H3. The highest BCUT2D eigenvalue weighted by Crippen LogP contribution is 2.28. The van der Waals surface area contributed by atoms with Gasteiger partial charge in [0.25, 0.3) is 0 Å². The lowest BCUT2D eigenvalue weighted by Crippen LogP contribution is -2.31. The zero-order valence-electron chi connectivity index (χ0n) is 8.62. The van der Waals surface area contributed by atoms with Crippen LogP contribution in [0.25, 0.3) is 0 Å². The molecular formula is C11H15ClO2. The van der Waals surface area contributed by atoms with Crippen LogP contribution in [0.1, 0.15) is 25.5 Å². The van der Waals surface area contributed by atoms with Crippen molar-refractivity contribution in [2.24, 2.45) is 0 Å². The van der Waals surface area contributed by atoms with E-state index in [1.54, 1.807) is 31.4 Å². The first-order chi connectivity index (χ1) is 6.47. The van der Waals surface area contributed by atoms with E-state index in [0.29, 0.717) is 5.02 Å². The molecule has 0 aliphatic heterocycles. The van der Waals surface area contributed by atoms with E-state index in [-0.39, 0.29) is 0 Å². The Hall–Kier alpha value is -0.570. The van der Waals surface area contributed by atoms with Gasteiger partial charge in [-0.2, -0.15) is 0 Å². The Bertz CT molecular complexity index is 293. The van der Waals surface area contributed by atoms with Crippen LogP contribution in [0.4, 0.5) is 0 Å². The van der Waals surface area contributed by atoms with Crippen LogP contribution in [-0.4, -0.2) is 17.8 Å². The monoisotopic (exact) mass is 214 g/mol. The van der Waals surface area contributed by atoms with Gasteiger partial charge in [0.15, 0.2) is 0 Å². The number of rotatable bonds is 3. The van der Waals surface area contributed by atoms with Gasteiger partial charge >= 0.3 is 0 Å². The molecule has 0 fully saturated rings. The Labute approximate surface area is 89.5 Å². The predicted octanol–water partition coefficient (Wildman–Crippen LogP) is 2.80. The van der Waals surface area contributed by atoms with Gasteiger partial charge in [0.1, 0.15) is 6.10 Å². The molecule has 0 heterocycles. The van der Waals surface area contributed by atoms with E-state index in [1.807, 2.05) is 13.8 Å². The molecule has 0 radical (unpaired) electrons. The molecule has 1 rings (SSSR count). The summed E-state index contributed by atoms with van der Waals surface area (Å²) in [4.78, 5) is 0. The van der Waals surface area contributed by atoms with Crippen LogP contribution < -0.4 is 0 Å². The molecule has 14 heavy (non-hydrogen) atoms. The summed E-state index contributed by atoms with van der Waals surface area (Å²) in [6, 6.07) is 7.11. The van der Waals surface area contributed by atoms with Gasteiger partial charge in [0.05, 0.1) is 5.60 Å². The Balaban J connectivity index is 2.89. The molecule has 1 aromatic rings. The number of benzene rings is 1. The third-order valence-electron chi connectivity index (χ3n) is 2.37. The number of methoxy groups -OCH3 is 1. The van der Waals surface area contributed by atoms with Crippen molar-refractivity contribution in [3.8, 4) is 0 Å². The van der Waals surface area contributed by atoms with Crippen LogP contribution in [0.5, 0.6) is 0 Å². The Morgan fingerprint density at radius 1 is 1.29 bits per heavy atom. The van der Waals surface area contributed by atoms with Crippen LogP contribution in [0, 0.1) is 0 Å². The summed E-state index contributed by atoms with van der Waals surface area (Å²) >= 11 is 5.75. The summed E-state index contributed by atoms with van der Waals surface area (Å²) in [5, 5.41) is 10.6. The highest BCUT2D eigenvalue weighted by molar-refractivity contribution is 6.30. The molecule has 78 valence electrons. The number of ether oxygens (including phenoxy) is 1. The lowest BCUT2D eigenvalue weighted by molar-refractivity contribution is -0.0793. The highest BCUT2D eigenvalue weighted by atomic mass is 35.5. The SMILES string of the molecule is COC(C)(C)C(O)c1ccc(Cl)cc1. The molecule has 0 spiro atoms. The van der Waals surface area contributed by atoms with Crippen LogP contribution in [0.3, 0.4) is 0 Å². The molecule has 3 heteroatoms. The van der Waals surface area contributed by atoms with Gasteiger partial charge < -0.3 is 9.84 Å². The first kappa shape index (κ1) is 11.5. The molecule has 1 atom stereocenters. The molecule has 0 saturated heterocycles. The maximum atomic E-state index is 9.97. The first-order valence-electron chi connectivity index (χ1n) is 4.46. The highest BCUT2D eigenvalue weighted by Gasteiger charge is 2.28. The molecule has 0 bridgehead atoms. The van der Waals surface area contributed by atoms with Gasteiger partial charge in [-0.3, -0.25) is 0 Å². The Morgan fingerprint density at radius 3 is 2.21 bits per heavy atom. The zero-order chi connectivity index (χ0) is 10.8. The number of aliphatic hydroxyl groups is 1. The molecule has 0 aliphatic rings. The molecule has 0 amide bonds. The predicted molar refractivity (Wildman–Crippen MR) is 57.5 cm³/mol. The molecule has 1 N–H and O–H groups in total. The summed E-state index contributed by atoms with van der Waals surface area (Å²) in [6.07, 6.45) is -0.648. The van der Waals surface area contributed by atoms with Gasteiger partial charge in [0, 0.05) is 12.1 Å². The van der Waals surface area contributed by atoms with Crippen LogP contribution in [-0.2, 0) is 4.74 Å². The van der Waals surface area contributed by atoms with E-state index in [2.05, 4.69) is 0 Å². The van der Waals surface area contributed by atoms with E-state index in [4.69, 9.17) is 16.3 Å². The van der Waals surface area contributed by atoms with Crippen molar-refractivity contribution < 1.29 is 9.84 Å². The first-order valence-corrected chi connectivity index (χ1v) is 4.84. The minimum atomic E-state index is -0.648. The largest absolute Gasteiger partial charge is 0.385 e. The molecule has 1 aromatic carbocycles. The van der Waals surface area contributed by atoms with Crippen molar-refractivity contribution >= 4 is 11.6 Å². The lowest BCUT2D eigenvalue weighted by Gasteiger charge is -2.29. The minimum Gasteiger partial charge on any atom is -0.385 e. The van der Waals surface area contributed by atoms with Crippen LogP contribution in [0.15, 0.2) is 24.3 Å². The molecule has 0 saturated carbocycles. The van der Waals surface area contributed by atoms with Crippen molar-refractivity contribution in [1.82, 2.24) is 0 Å². The average molecular weight is 215 g/mol. The maximum Gasteiger partial charge on any atom is 0.107 e. The lowest BCUT2D eigenvalue weighted by atomic mass is 9.95. The van der Waals surface area contributed by atoms with Crippen molar-refractivity contribution in [2.45, 2.75) is 25.6 Å². The molecule has 2 nitrogen and oxygen atoms in total. The number of halogens is 1. The molecular weight excluding hydrogens is 200 g/mol. The second-order valence-corrected chi connectivity index (χ2v) is 4.20. The quantitative estimate of drug-likeness (QED) is 0.839. The third-order valence-corrected chi connectivity index (χ3v) is 2.62. The van der Waals surface area contributed by atoms with Gasteiger partial charge in [-0.15, -0.1) is 0 Å². The maximum absolute atomic E-state index is 9.97. The number of hydrogen-bond donors (Lipinski definition) is 1. The van der Waals surface area contributed by atoms with Gasteiger partial charge in [-0.1, -0.05) is 23.7 Å². The summed E-state index contributed by atoms with van der Waals surface area (Å²) in [5.41, 5.74) is 0.217. The normalized spacial score (nSPS) is 14.1. The van der Waals surface area contributed by atoms with Crippen LogP contribution >= 0.6 is 11.6 Å². The number of hydrogen-bond acceptors (Lipinski definition) is 2.